The molecule has 0 aliphatic heterocycles. The average molecular weight is 226 g/mol. The minimum absolute atomic E-state index is 0.161. The van der Waals surface area contributed by atoms with Crippen LogP contribution in [0, 0.1) is 0 Å². The van der Waals surface area contributed by atoms with Gasteiger partial charge in [-0.05, 0) is 13.0 Å². The quantitative estimate of drug-likeness (QED) is 0.704. The standard InChI is InChI=1S/C11H14O5/c1-2-16-9-5-3-4-7(11(9)15)8(12)6-10(13)14/h3-5,8,12,15H,2,6H2,1H3,(H,13,14)/t8-/m1/s1. The molecular weight excluding hydrogens is 212 g/mol. The van der Waals surface area contributed by atoms with E-state index in [0.29, 0.717) is 6.61 Å². The molecule has 16 heavy (non-hydrogen) atoms. The molecule has 1 atom stereocenters. The highest BCUT2D eigenvalue weighted by atomic mass is 16.5. The molecule has 0 heterocycles. The molecule has 0 amide bonds. The summed E-state index contributed by atoms with van der Waals surface area (Å²) in [5.74, 6) is -1.10. The third-order valence-corrected chi connectivity index (χ3v) is 2.06. The Morgan fingerprint density at radius 1 is 1.50 bits per heavy atom. The van der Waals surface area contributed by atoms with Crippen molar-refractivity contribution >= 4 is 5.97 Å². The fourth-order valence-corrected chi connectivity index (χ4v) is 1.36. The molecule has 0 aliphatic rings. The number of hydrogen-bond donors (Lipinski definition) is 3. The van der Waals surface area contributed by atoms with E-state index in [1.54, 1.807) is 19.1 Å². The average Bonchev–Trinajstić information content (AvgIpc) is 2.20. The molecule has 1 rings (SSSR count). The van der Waals surface area contributed by atoms with E-state index in [0.717, 1.165) is 0 Å². The van der Waals surface area contributed by atoms with Gasteiger partial charge in [0.05, 0.1) is 19.1 Å². The van der Waals surface area contributed by atoms with E-state index in [1.165, 1.54) is 6.07 Å². The topological polar surface area (TPSA) is 87.0 Å². The van der Waals surface area contributed by atoms with Gasteiger partial charge in [-0.3, -0.25) is 4.79 Å². The van der Waals surface area contributed by atoms with Gasteiger partial charge in [-0.2, -0.15) is 0 Å². The number of phenolic OH excluding ortho intramolecular Hbond substituents is 1. The number of carboxylic acids is 1. The number of rotatable bonds is 5. The Morgan fingerprint density at radius 2 is 2.19 bits per heavy atom. The second kappa shape index (κ2) is 5.37. The third-order valence-electron chi connectivity index (χ3n) is 2.06. The molecule has 1 aromatic carbocycles. The molecule has 0 spiro atoms. The lowest BCUT2D eigenvalue weighted by atomic mass is 10.1. The predicted octanol–water partition coefficient (Wildman–Crippen LogP) is 1.30. The number of phenols is 1. The predicted molar refractivity (Wildman–Crippen MR) is 56.5 cm³/mol. The Balaban J connectivity index is 2.95. The van der Waals surface area contributed by atoms with Gasteiger partial charge < -0.3 is 20.1 Å². The van der Waals surface area contributed by atoms with Gasteiger partial charge in [0.15, 0.2) is 11.5 Å². The van der Waals surface area contributed by atoms with E-state index in [9.17, 15) is 15.0 Å². The first-order chi connectivity index (χ1) is 7.56. The molecule has 88 valence electrons. The van der Waals surface area contributed by atoms with Gasteiger partial charge >= 0.3 is 5.97 Å². The van der Waals surface area contributed by atoms with Crippen LogP contribution in [0.3, 0.4) is 0 Å². The molecule has 3 N–H and O–H groups in total. The van der Waals surface area contributed by atoms with Crippen molar-refractivity contribution in [3.8, 4) is 11.5 Å². The summed E-state index contributed by atoms with van der Waals surface area (Å²) < 4.78 is 5.12. The molecule has 0 aliphatic carbocycles. The molecule has 0 saturated carbocycles. The van der Waals surface area contributed by atoms with Crippen molar-refractivity contribution in [2.75, 3.05) is 6.61 Å². The lowest BCUT2D eigenvalue weighted by molar-refractivity contribution is -0.139. The van der Waals surface area contributed by atoms with Gasteiger partial charge in [0, 0.05) is 5.56 Å². The molecule has 0 saturated heterocycles. The van der Waals surface area contributed by atoms with Crippen LogP contribution >= 0.6 is 0 Å². The lowest BCUT2D eigenvalue weighted by Gasteiger charge is -2.13. The zero-order chi connectivity index (χ0) is 12.1. The van der Waals surface area contributed by atoms with Crippen LogP contribution in [0.1, 0.15) is 25.0 Å². The van der Waals surface area contributed by atoms with Gasteiger partial charge in [0.1, 0.15) is 0 Å². The molecule has 0 aromatic heterocycles. The first-order valence-electron chi connectivity index (χ1n) is 4.90. The van der Waals surface area contributed by atoms with Crippen LogP contribution in [-0.4, -0.2) is 27.9 Å². The Hall–Kier alpha value is -1.75. The minimum atomic E-state index is -1.24. The molecule has 0 bridgehead atoms. The highest BCUT2D eigenvalue weighted by Crippen LogP contribution is 2.34. The highest BCUT2D eigenvalue weighted by Gasteiger charge is 2.18. The molecule has 0 fully saturated rings. The molecular formula is C11H14O5. The number of benzene rings is 1. The highest BCUT2D eigenvalue weighted by molar-refractivity contribution is 5.68. The van der Waals surface area contributed by atoms with E-state index in [1.807, 2.05) is 0 Å². The summed E-state index contributed by atoms with van der Waals surface area (Å²) in [6, 6.07) is 4.60. The zero-order valence-corrected chi connectivity index (χ0v) is 8.88. The van der Waals surface area contributed by atoms with Gasteiger partial charge in [-0.1, -0.05) is 12.1 Å². The van der Waals surface area contributed by atoms with Gasteiger partial charge in [-0.25, -0.2) is 0 Å². The largest absolute Gasteiger partial charge is 0.504 e. The van der Waals surface area contributed by atoms with Crippen LogP contribution in [0.4, 0.5) is 0 Å². The summed E-state index contributed by atoms with van der Waals surface area (Å²) in [7, 11) is 0. The van der Waals surface area contributed by atoms with E-state index in [2.05, 4.69) is 0 Å². The summed E-state index contributed by atoms with van der Waals surface area (Å²) >= 11 is 0. The monoisotopic (exact) mass is 226 g/mol. The summed E-state index contributed by atoms with van der Waals surface area (Å²) in [5.41, 5.74) is 0.161. The molecule has 5 nitrogen and oxygen atoms in total. The first kappa shape index (κ1) is 12.3. The Bertz CT molecular complexity index is 375. The van der Waals surface area contributed by atoms with Crippen LogP contribution < -0.4 is 4.74 Å². The maximum absolute atomic E-state index is 10.4. The van der Waals surface area contributed by atoms with Crippen molar-refractivity contribution in [3.63, 3.8) is 0 Å². The van der Waals surface area contributed by atoms with Crippen LogP contribution in [0.5, 0.6) is 11.5 Å². The molecule has 0 radical (unpaired) electrons. The Morgan fingerprint density at radius 3 is 2.75 bits per heavy atom. The Kier molecular flexibility index (Phi) is 4.13. The zero-order valence-electron chi connectivity index (χ0n) is 8.88. The van der Waals surface area contributed by atoms with Crippen molar-refractivity contribution in [1.29, 1.82) is 0 Å². The number of ether oxygens (including phenoxy) is 1. The van der Waals surface area contributed by atoms with Crippen molar-refractivity contribution in [3.05, 3.63) is 23.8 Å². The second-order valence-corrected chi connectivity index (χ2v) is 3.24. The SMILES string of the molecule is CCOc1cccc([C@H](O)CC(=O)O)c1O. The van der Waals surface area contributed by atoms with Crippen LogP contribution in [0.15, 0.2) is 18.2 Å². The van der Waals surface area contributed by atoms with Crippen LogP contribution in [0.25, 0.3) is 0 Å². The number of aromatic hydroxyl groups is 1. The van der Waals surface area contributed by atoms with E-state index in [4.69, 9.17) is 9.84 Å². The number of carboxylic acid groups (broad SMARTS) is 1. The van der Waals surface area contributed by atoms with Gasteiger partial charge in [-0.15, -0.1) is 0 Å². The van der Waals surface area contributed by atoms with Crippen molar-refractivity contribution in [1.82, 2.24) is 0 Å². The Labute approximate surface area is 92.9 Å². The minimum Gasteiger partial charge on any atom is -0.504 e. The number of aliphatic hydroxyl groups excluding tert-OH is 1. The van der Waals surface area contributed by atoms with E-state index in [-0.39, 0.29) is 17.1 Å². The number of carbonyl (C=O) groups is 1. The summed E-state index contributed by atoms with van der Waals surface area (Å²) in [4.78, 5) is 10.4. The third kappa shape index (κ3) is 2.87. The number of hydrogen-bond acceptors (Lipinski definition) is 4. The van der Waals surface area contributed by atoms with Crippen molar-refractivity contribution < 1.29 is 24.9 Å². The summed E-state index contributed by atoms with van der Waals surface area (Å²) in [5, 5.41) is 27.8. The molecule has 0 unspecified atom stereocenters. The summed E-state index contributed by atoms with van der Waals surface area (Å²) in [6.07, 6.45) is -1.69. The normalized spacial score (nSPS) is 12.1. The van der Waals surface area contributed by atoms with Crippen molar-refractivity contribution in [2.24, 2.45) is 0 Å². The maximum atomic E-state index is 10.4. The van der Waals surface area contributed by atoms with Crippen molar-refractivity contribution in [2.45, 2.75) is 19.4 Å². The van der Waals surface area contributed by atoms with Crippen LogP contribution in [0.2, 0.25) is 0 Å². The molecule has 5 heteroatoms. The number of aliphatic hydroxyl groups is 1. The van der Waals surface area contributed by atoms with Gasteiger partial charge in [0.2, 0.25) is 0 Å². The van der Waals surface area contributed by atoms with E-state index < -0.39 is 18.5 Å². The smallest absolute Gasteiger partial charge is 0.306 e. The number of aliphatic carboxylic acids is 1. The summed E-state index contributed by atoms with van der Waals surface area (Å²) in [6.45, 7) is 2.14. The number of para-hydroxylation sites is 1. The van der Waals surface area contributed by atoms with E-state index >= 15 is 0 Å². The van der Waals surface area contributed by atoms with Crippen LogP contribution in [-0.2, 0) is 4.79 Å². The fraction of sp³-hybridized carbons (Fsp3) is 0.364. The second-order valence-electron chi connectivity index (χ2n) is 3.24. The lowest BCUT2D eigenvalue weighted by Crippen LogP contribution is -2.06. The fourth-order valence-electron chi connectivity index (χ4n) is 1.36. The first-order valence-corrected chi connectivity index (χ1v) is 4.90. The maximum Gasteiger partial charge on any atom is 0.306 e. The van der Waals surface area contributed by atoms with Gasteiger partial charge in [0.25, 0.3) is 0 Å². The molecule has 1 aromatic rings.